The highest BCUT2D eigenvalue weighted by molar-refractivity contribution is 6.31. The third kappa shape index (κ3) is 5.63. The van der Waals surface area contributed by atoms with Gasteiger partial charge in [0.15, 0.2) is 0 Å². The fourth-order valence-electron chi connectivity index (χ4n) is 2.57. The second-order valence-corrected chi connectivity index (χ2v) is 6.28. The fourth-order valence-corrected chi connectivity index (χ4v) is 2.74. The Kier molecular flexibility index (Phi) is 7.06. The summed E-state index contributed by atoms with van der Waals surface area (Å²) in [4.78, 5) is 37.7. The van der Waals surface area contributed by atoms with Crippen LogP contribution in [0.25, 0.3) is 0 Å². The first-order valence-electron chi connectivity index (χ1n) is 8.41. The third-order valence-electron chi connectivity index (χ3n) is 3.83. The molecule has 7 nitrogen and oxygen atoms in total. The molecule has 0 unspecified atom stereocenters. The number of benzene rings is 1. The van der Waals surface area contributed by atoms with Gasteiger partial charge in [0.1, 0.15) is 0 Å². The molecule has 1 aromatic rings. The Bertz CT molecular complexity index is 645. The van der Waals surface area contributed by atoms with Gasteiger partial charge in [0, 0.05) is 30.3 Å². The number of carbonyl (C=O) groups excluding carboxylic acids is 3. The van der Waals surface area contributed by atoms with Crippen molar-refractivity contribution in [2.75, 3.05) is 31.5 Å². The van der Waals surface area contributed by atoms with E-state index in [1.165, 1.54) is 0 Å². The monoisotopic (exact) mass is 366 g/mol. The predicted octanol–water partition coefficient (Wildman–Crippen LogP) is 2.22. The van der Waals surface area contributed by atoms with Gasteiger partial charge in [0.2, 0.25) is 5.91 Å². The summed E-state index contributed by atoms with van der Waals surface area (Å²) < 4.78 is 0. The Hall–Kier alpha value is -2.28. The highest BCUT2D eigenvalue weighted by Crippen LogP contribution is 2.24. The minimum Gasteiger partial charge on any atom is -0.375 e. The molecule has 0 saturated carbocycles. The van der Waals surface area contributed by atoms with E-state index in [1.807, 2.05) is 6.92 Å². The maximum atomic E-state index is 12.6. The van der Waals surface area contributed by atoms with Crippen LogP contribution in [-0.2, 0) is 4.79 Å². The van der Waals surface area contributed by atoms with E-state index < -0.39 is 11.9 Å². The number of likely N-dealkylation sites (tertiary alicyclic amines) is 1. The summed E-state index contributed by atoms with van der Waals surface area (Å²) in [7, 11) is 0. The molecular formula is C17H23ClN4O3. The number of nitrogens with zero attached hydrogens (tertiary/aromatic N) is 1. The molecule has 3 N–H and O–H groups in total. The number of imide groups is 1. The number of hydrogen-bond acceptors (Lipinski definition) is 4. The summed E-state index contributed by atoms with van der Waals surface area (Å²) >= 11 is 6.01. The molecule has 0 atom stereocenters. The number of rotatable bonds is 6. The van der Waals surface area contributed by atoms with Crippen LogP contribution in [0.1, 0.15) is 36.5 Å². The molecule has 4 amide bonds. The zero-order valence-electron chi connectivity index (χ0n) is 14.2. The molecule has 1 aromatic carbocycles. The lowest BCUT2D eigenvalue weighted by Crippen LogP contribution is -2.42. The van der Waals surface area contributed by atoms with Crippen molar-refractivity contribution in [3.05, 3.63) is 28.8 Å². The highest BCUT2D eigenvalue weighted by atomic mass is 35.5. The topological polar surface area (TPSA) is 90.5 Å². The predicted molar refractivity (Wildman–Crippen MR) is 96.9 cm³/mol. The van der Waals surface area contributed by atoms with Crippen molar-refractivity contribution in [2.24, 2.45) is 0 Å². The van der Waals surface area contributed by atoms with E-state index in [9.17, 15) is 14.4 Å². The molecule has 25 heavy (non-hydrogen) atoms. The lowest BCUT2D eigenvalue weighted by Gasteiger charge is -2.18. The van der Waals surface area contributed by atoms with Gasteiger partial charge >= 0.3 is 6.03 Å². The van der Waals surface area contributed by atoms with Gasteiger partial charge in [-0.3, -0.25) is 14.9 Å². The molecule has 1 aliphatic heterocycles. The van der Waals surface area contributed by atoms with Gasteiger partial charge in [-0.2, -0.15) is 0 Å². The van der Waals surface area contributed by atoms with Gasteiger partial charge in [-0.05, 0) is 37.5 Å². The second kappa shape index (κ2) is 9.27. The van der Waals surface area contributed by atoms with Crippen LogP contribution in [0.5, 0.6) is 0 Å². The normalized spacial score (nSPS) is 13.4. The smallest absolute Gasteiger partial charge is 0.321 e. The molecule has 2 rings (SSSR count). The lowest BCUT2D eigenvalue weighted by atomic mass is 10.1. The van der Waals surface area contributed by atoms with E-state index in [1.54, 1.807) is 23.1 Å². The molecule has 1 aliphatic rings. The Morgan fingerprint density at radius 2 is 1.92 bits per heavy atom. The van der Waals surface area contributed by atoms with Crippen LogP contribution in [0.3, 0.4) is 0 Å². The van der Waals surface area contributed by atoms with Crippen molar-refractivity contribution in [2.45, 2.75) is 26.2 Å². The van der Waals surface area contributed by atoms with Crippen LogP contribution in [0, 0.1) is 0 Å². The maximum Gasteiger partial charge on any atom is 0.321 e. The molecule has 8 heteroatoms. The number of anilines is 1. The van der Waals surface area contributed by atoms with Gasteiger partial charge in [0.05, 0.1) is 12.1 Å². The molecule has 1 heterocycles. The number of urea groups is 1. The van der Waals surface area contributed by atoms with Crippen LogP contribution in [0.2, 0.25) is 5.02 Å². The summed E-state index contributed by atoms with van der Waals surface area (Å²) in [5.74, 6) is -0.578. The minimum absolute atomic E-state index is 0.0854. The number of hydrogen-bond donors (Lipinski definition) is 3. The van der Waals surface area contributed by atoms with Gasteiger partial charge in [-0.1, -0.05) is 18.5 Å². The van der Waals surface area contributed by atoms with Crippen LogP contribution in [-0.4, -0.2) is 48.9 Å². The van der Waals surface area contributed by atoms with E-state index in [4.69, 9.17) is 11.6 Å². The Balaban J connectivity index is 1.98. The van der Waals surface area contributed by atoms with Crippen molar-refractivity contribution in [3.63, 3.8) is 0 Å². The lowest BCUT2D eigenvalue weighted by molar-refractivity contribution is -0.118. The summed E-state index contributed by atoms with van der Waals surface area (Å²) in [6, 6.07) is 4.37. The van der Waals surface area contributed by atoms with E-state index in [-0.39, 0.29) is 12.5 Å². The summed E-state index contributed by atoms with van der Waals surface area (Å²) in [5, 5.41) is 8.14. The highest BCUT2D eigenvalue weighted by Gasteiger charge is 2.22. The molecule has 136 valence electrons. The average Bonchev–Trinajstić information content (AvgIpc) is 3.12. The van der Waals surface area contributed by atoms with Crippen molar-refractivity contribution in [1.82, 2.24) is 15.5 Å². The Morgan fingerprint density at radius 1 is 1.20 bits per heavy atom. The molecule has 1 fully saturated rings. The molecule has 0 radical (unpaired) electrons. The quantitative estimate of drug-likeness (QED) is 0.720. The standard InChI is InChI=1S/C17H23ClN4O3/c1-2-7-19-17(25)21-15(23)11-20-14-10-12(18)5-6-13(14)16(24)22-8-3-4-9-22/h5-6,10,20H,2-4,7-9,11H2,1H3,(H2,19,21,23,25). The molecule has 0 spiro atoms. The van der Waals surface area contributed by atoms with E-state index >= 15 is 0 Å². The van der Waals surface area contributed by atoms with Gasteiger partial charge in [0.25, 0.3) is 5.91 Å². The van der Waals surface area contributed by atoms with Gasteiger partial charge in [-0.15, -0.1) is 0 Å². The van der Waals surface area contributed by atoms with Crippen molar-refractivity contribution >= 4 is 35.1 Å². The third-order valence-corrected chi connectivity index (χ3v) is 4.07. The maximum absolute atomic E-state index is 12.6. The van der Waals surface area contributed by atoms with Crippen LogP contribution >= 0.6 is 11.6 Å². The fraction of sp³-hybridized carbons (Fsp3) is 0.471. The Morgan fingerprint density at radius 3 is 2.60 bits per heavy atom. The summed E-state index contributed by atoms with van der Waals surface area (Å²) in [6.45, 7) is 3.75. The zero-order valence-corrected chi connectivity index (χ0v) is 15.0. The number of amides is 4. The first-order chi connectivity index (χ1) is 12.0. The van der Waals surface area contributed by atoms with Gasteiger partial charge < -0.3 is 15.5 Å². The number of carbonyl (C=O) groups is 3. The second-order valence-electron chi connectivity index (χ2n) is 5.85. The zero-order chi connectivity index (χ0) is 18.2. The largest absolute Gasteiger partial charge is 0.375 e. The molecule has 0 aliphatic carbocycles. The first kappa shape index (κ1) is 19.1. The molecule has 1 saturated heterocycles. The van der Waals surface area contributed by atoms with Crippen molar-refractivity contribution < 1.29 is 14.4 Å². The van der Waals surface area contributed by atoms with Crippen LogP contribution < -0.4 is 16.0 Å². The van der Waals surface area contributed by atoms with E-state index in [2.05, 4.69) is 16.0 Å². The van der Waals surface area contributed by atoms with Gasteiger partial charge in [-0.25, -0.2) is 4.79 Å². The molecular weight excluding hydrogens is 344 g/mol. The van der Waals surface area contributed by atoms with Crippen molar-refractivity contribution in [1.29, 1.82) is 0 Å². The number of halogens is 1. The van der Waals surface area contributed by atoms with Crippen molar-refractivity contribution in [3.8, 4) is 0 Å². The summed E-state index contributed by atoms with van der Waals surface area (Å²) in [6.07, 6.45) is 2.78. The van der Waals surface area contributed by atoms with E-state index in [0.717, 1.165) is 32.4 Å². The SMILES string of the molecule is CCCNC(=O)NC(=O)CNc1cc(Cl)ccc1C(=O)N1CCCC1. The minimum atomic E-state index is -0.534. The van der Waals surface area contributed by atoms with Crippen LogP contribution in [0.4, 0.5) is 10.5 Å². The molecule has 0 bridgehead atoms. The van der Waals surface area contributed by atoms with E-state index in [0.29, 0.717) is 22.8 Å². The molecule has 0 aromatic heterocycles. The first-order valence-corrected chi connectivity index (χ1v) is 8.79. The average molecular weight is 367 g/mol. The summed E-state index contributed by atoms with van der Waals surface area (Å²) in [5.41, 5.74) is 0.947. The Labute approximate surface area is 152 Å². The van der Waals surface area contributed by atoms with Crippen LogP contribution in [0.15, 0.2) is 18.2 Å². The number of nitrogens with one attached hydrogen (secondary N) is 3.